The third-order valence-electron chi connectivity index (χ3n) is 1.92. The molecule has 0 spiro atoms. The van der Waals surface area contributed by atoms with E-state index in [1.165, 1.54) is 0 Å². The van der Waals surface area contributed by atoms with Crippen LogP contribution in [0.1, 0.15) is 19.4 Å². The number of phenols is 1. The predicted molar refractivity (Wildman–Crippen MR) is 51.7 cm³/mol. The third kappa shape index (κ3) is 2.90. The van der Waals surface area contributed by atoms with Crippen molar-refractivity contribution in [2.45, 2.75) is 20.3 Å². The first-order valence-corrected chi connectivity index (χ1v) is 4.28. The third-order valence-corrected chi connectivity index (χ3v) is 1.92. The van der Waals surface area contributed by atoms with Gasteiger partial charge in [0.25, 0.3) is 0 Å². The average Bonchev–Trinajstić information content (AvgIpc) is 2.09. The Morgan fingerprint density at radius 1 is 1.31 bits per heavy atom. The van der Waals surface area contributed by atoms with Crippen LogP contribution < -0.4 is 0 Å². The Kier molecular flexibility index (Phi) is 2.71. The largest absolute Gasteiger partial charge is 0.508 e. The summed E-state index contributed by atoms with van der Waals surface area (Å²) in [5.41, 5.74) is 0.742. The molecule has 0 fully saturated rings. The zero-order valence-electron chi connectivity index (χ0n) is 7.95. The van der Waals surface area contributed by atoms with Crippen LogP contribution in [0.3, 0.4) is 0 Å². The summed E-state index contributed by atoms with van der Waals surface area (Å²) in [5, 5.41) is 9.04. The fourth-order valence-electron chi connectivity index (χ4n) is 1.18. The number of hydrogen-bond acceptors (Lipinski definition) is 2. The first-order valence-electron chi connectivity index (χ1n) is 4.28. The molecular formula is C11H14O2. The zero-order valence-corrected chi connectivity index (χ0v) is 7.95. The van der Waals surface area contributed by atoms with E-state index in [1.54, 1.807) is 12.1 Å². The topological polar surface area (TPSA) is 37.3 Å². The molecule has 2 nitrogen and oxygen atoms in total. The molecule has 0 bridgehead atoms. The Morgan fingerprint density at radius 2 is 1.85 bits per heavy atom. The Labute approximate surface area is 78.2 Å². The molecule has 0 unspecified atom stereocenters. The van der Waals surface area contributed by atoms with Crippen molar-refractivity contribution >= 4 is 6.29 Å². The summed E-state index contributed by atoms with van der Waals surface area (Å²) >= 11 is 0. The van der Waals surface area contributed by atoms with Gasteiger partial charge >= 0.3 is 0 Å². The van der Waals surface area contributed by atoms with Gasteiger partial charge in [-0.25, -0.2) is 0 Å². The molecule has 0 radical (unpaired) electrons. The summed E-state index contributed by atoms with van der Waals surface area (Å²) in [7, 11) is 0. The molecule has 1 rings (SSSR count). The van der Waals surface area contributed by atoms with Crippen molar-refractivity contribution in [1.29, 1.82) is 0 Å². The van der Waals surface area contributed by atoms with Crippen molar-refractivity contribution in [2.24, 2.45) is 5.41 Å². The summed E-state index contributed by atoms with van der Waals surface area (Å²) in [5.74, 6) is 0.257. The Balaban J connectivity index is 2.75. The van der Waals surface area contributed by atoms with Crippen LogP contribution in [0.5, 0.6) is 5.75 Å². The molecule has 1 aromatic rings. The highest BCUT2D eigenvalue weighted by Gasteiger charge is 2.16. The van der Waals surface area contributed by atoms with Crippen LogP contribution in [-0.2, 0) is 11.2 Å². The second kappa shape index (κ2) is 3.60. The van der Waals surface area contributed by atoms with Crippen LogP contribution in [0.4, 0.5) is 0 Å². The first kappa shape index (κ1) is 9.78. The van der Waals surface area contributed by atoms with Crippen molar-refractivity contribution in [2.75, 3.05) is 0 Å². The van der Waals surface area contributed by atoms with Gasteiger partial charge in [-0.3, -0.25) is 0 Å². The molecule has 0 saturated heterocycles. The second-order valence-electron chi connectivity index (χ2n) is 3.95. The summed E-state index contributed by atoms with van der Waals surface area (Å²) in [6, 6.07) is 6.94. The van der Waals surface area contributed by atoms with E-state index in [4.69, 9.17) is 5.11 Å². The molecule has 70 valence electrons. The lowest BCUT2D eigenvalue weighted by Gasteiger charge is -2.16. The molecule has 0 heterocycles. The summed E-state index contributed by atoms with van der Waals surface area (Å²) in [6.07, 6.45) is 1.66. The van der Waals surface area contributed by atoms with Gasteiger partial charge < -0.3 is 9.90 Å². The highest BCUT2D eigenvalue weighted by Crippen LogP contribution is 2.20. The van der Waals surface area contributed by atoms with Crippen molar-refractivity contribution in [3.63, 3.8) is 0 Å². The number of benzene rings is 1. The number of phenolic OH excluding ortho intramolecular Hbond substituents is 1. The first-order chi connectivity index (χ1) is 6.03. The highest BCUT2D eigenvalue weighted by atomic mass is 16.3. The van der Waals surface area contributed by atoms with Crippen molar-refractivity contribution < 1.29 is 9.90 Å². The number of carbonyl (C=O) groups excluding carboxylic acids is 1. The molecule has 0 aliphatic rings. The van der Waals surface area contributed by atoms with Crippen LogP contribution in [0.25, 0.3) is 0 Å². The maximum Gasteiger partial charge on any atom is 0.125 e. The van der Waals surface area contributed by atoms with Gasteiger partial charge in [0.1, 0.15) is 12.0 Å². The maximum absolute atomic E-state index is 10.6. The fraction of sp³-hybridized carbons (Fsp3) is 0.364. The smallest absolute Gasteiger partial charge is 0.125 e. The van der Waals surface area contributed by atoms with Gasteiger partial charge in [0.2, 0.25) is 0 Å². The molecule has 0 saturated carbocycles. The van der Waals surface area contributed by atoms with E-state index in [-0.39, 0.29) is 11.2 Å². The minimum Gasteiger partial charge on any atom is -0.508 e. The monoisotopic (exact) mass is 178 g/mol. The molecule has 2 heteroatoms. The van der Waals surface area contributed by atoms with Gasteiger partial charge in [0.15, 0.2) is 0 Å². The fourth-order valence-corrected chi connectivity index (χ4v) is 1.18. The minimum atomic E-state index is -0.322. The van der Waals surface area contributed by atoms with Crippen LogP contribution >= 0.6 is 0 Å². The molecular weight excluding hydrogens is 164 g/mol. The molecule has 0 aliphatic heterocycles. The van der Waals surface area contributed by atoms with Crippen molar-refractivity contribution in [1.82, 2.24) is 0 Å². The zero-order chi connectivity index (χ0) is 9.90. The van der Waals surface area contributed by atoms with E-state index < -0.39 is 0 Å². The van der Waals surface area contributed by atoms with Gasteiger partial charge in [0, 0.05) is 5.41 Å². The predicted octanol–water partition coefficient (Wildman–Crippen LogP) is 2.16. The Hall–Kier alpha value is -1.31. The number of rotatable bonds is 3. The summed E-state index contributed by atoms with van der Waals surface area (Å²) in [4.78, 5) is 10.6. The standard InChI is InChI=1S/C11H14O2/c1-11(2,8-12)7-9-3-5-10(13)6-4-9/h3-6,8,13H,7H2,1-2H3. The molecule has 0 aliphatic carbocycles. The van der Waals surface area contributed by atoms with Crippen LogP contribution in [-0.4, -0.2) is 11.4 Å². The SMILES string of the molecule is CC(C)(C=O)Cc1ccc(O)cc1. The molecule has 1 aromatic carbocycles. The lowest BCUT2D eigenvalue weighted by atomic mass is 9.87. The van der Waals surface area contributed by atoms with E-state index in [1.807, 2.05) is 26.0 Å². The van der Waals surface area contributed by atoms with Gasteiger partial charge in [-0.2, -0.15) is 0 Å². The van der Waals surface area contributed by atoms with Crippen molar-refractivity contribution in [3.8, 4) is 5.75 Å². The van der Waals surface area contributed by atoms with Gasteiger partial charge in [-0.15, -0.1) is 0 Å². The number of aldehydes is 1. The number of aromatic hydroxyl groups is 1. The minimum absolute atomic E-state index is 0.257. The normalized spacial score (nSPS) is 11.2. The lowest BCUT2D eigenvalue weighted by molar-refractivity contribution is -0.114. The van der Waals surface area contributed by atoms with Crippen molar-refractivity contribution in [3.05, 3.63) is 29.8 Å². The van der Waals surface area contributed by atoms with Crippen LogP contribution in [0, 0.1) is 5.41 Å². The second-order valence-corrected chi connectivity index (χ2v) is 3.95. The quantitative estimate of drug-likeness (QED) is 0.720. The number of carbonyl (C=O) groups is 1. The van der Waals surface area contributed by atoms with Crippen LogP contribution in [0.15, 0.2) is 24.3 Å². The highest BCUT2D eigenvalue weighted by molar-refractivity contribution is 5.58. The van der Waals surface area contributed by atoms with Crippen LogP contribution in [0.2, 0.25) is 0 Å². The van der Waals surface area contributed by atoms with E-state index in [9.17, 15) is 4.79 Å². The van der Waals surface area contributed by atoms with Gasteiger partial charge in [0.05, 0.1) is 0 Å². The molecule has 0 aromatic heterocycles. The Bertz CT molecular complexity index is 285. The van der Waals surface area contributed by atoms with Gasteiger partial charge in [-0.1, -0.05) is 26.0 Å². The summed E-state index contributed by atoms with van der Waals surface area (Å²) in [6.45, 7) is 3.79. The van der Waals surface area contributed by atoms with E-state index in [0.29, 0.717) is 6.42 Å². The maximum atomic E-state index is 10.6. The van der Waals surface area contributed by atoms with E-state index in [2.05, 4.69) is 0 Å². The molecule has 0 atom stereocenters. The van der Waals surface area contributed by atoms with E-state index in [0.717, 1.165) is 11.8 Å². The lowest BCUT2D eigenvalue weighted by Crippen LogP contribution is -2.16. The number of hydrogen-bond donors (Lipinski definition) is 1. The summed E-state index contributed by atoms with van der Waals surface area (Å²) < 4.78 is 0. The molecule has 1 N–H and O–H groups in total. The average molecular weight is 178 g/mol. The molecule has 0 amide bonds. The Morgan fingerprint density at radius 3 is 2.31 bits per heavy atom. The van der Waals surface area contributed by atoms with Gasteiger partial charge in [-0.05, 0) is 24.1 Å². The van der Waals surface area contributed by atoms with E-state index >= 15 is 0 Å². The molecule has 13 heavy (non-hydrogen) atoms.